The molecule has 3 amide bonds. The topological polar surface area (TPSA) is 87.3 Å². The average molecular weight is 572 g/mol. The Bertz CT molecular complexity index is 1300. The van der Waals surface area contributed by atoms with Gasteiger partial charge in [0.1, 0.15) is 4.33 Å². The number of rotatable bonds is 5. The summed E-state index contributed by atoms with van der Waals surface area (Å²) in [7, 11) is 0. The van der Waals surface area contributed by atoms with Crippen LogP contribution in [0.15, 0.2) is 66.7 Å². The number of alkyl halides is 2. The number of carbonyl (C=O) groups excluding carboxylic acids is 3. The normalized spacial score (nSPS) is 17.9. The molecule has 0 spiro atoms. The fourth-order valence-electron chi connectivity index (χ4n) is 3.66. The van der Waals surface area contributed by atoms with Crippen molar-refractivity contribution in [3.05, 3.63) is 98.5 Å². The lowest BCUT2D eigenvalue weighted by Gasteiger charge is -2.11. The summed E-state index contributed by atoms with van der Waals surface area (Å²) in [6, 6.07) is 17.6. The molecule has 3 aromatic carbocycles. The maximum atomic E-state index is 12.9. The predicted octanol–water partition coefficient (Wildman–Crippen LogP) is 6.25. The number of hydrogen-bond donors (Lipinski definition) is 3. The molecule has 3 aromatic rings. The first-order valence-electron chi connectivity index (χ1n) is 10.2. The van der Waals surface area contributed by atoms with E-state index in [1.807, 2.05) is 0 Å². The Morgan fingerprint density at radius 3 is 2.06 bits per heavy atom. The summed E-state index contributed by atoms with van der Waals surface area (Å²) >= 11 is 31.1. The molecular weight excluding hydrogens is 556 g/mol. The molecule has 1 aliphatic rings. The van der Waals surface area contributed by atoms with Crippen LogP contribution in [0.25, 0.3) is 0 Å². The Morgan fingerprint density at radius 1 is 0.771 bits per heavy atom. The van der Waals surface area contributed by atoms with Gasteiger partial charge in [0.2, 0.25) is 5.91 Å². The quantitative estimate of drug-likeness (QED) is 0.250. The third-order valence-electron chi connectivity index (χ3n) is 5.38. The van der Waals surface area contributed by atoms with Crippen LogP contribution in [0.3, 0.4) is 0 Å². The van der Waals surface area contributed by atoms with E-state index in [0.29, 0.717) is 21.2 Å². The fraction of sp³-hybridized carbons (Fsp3) is 0.125. The summed E-state index contributed by atoms with van der Waals surface area (Å²) in [5.41, 5.74) is 5.95. The van der Waals surface area contributed by atoms with Gasteiger partial charge in [-0.05, 0) is 54.1 Å². The van der Waals surface area contributed by atoms with Gasteiger partial charge in [0.25, 0.3) is 11.8 Å². The van der Waals surface area contributed by atoms with Crippen molar-refractivity contribution in [3.63, 3.8) is 0 Å². The first-order chi connectivity index (χ1) is 16.6. The summed E-state index contributed by atoms with van der Waals surface area (Å²) in [6.45, 7) is 0. The smallest absolute Gasteiger partial charge is 0.271 e. The second-order valence-corrected chi connectivity index (χ2v) is 10.5. The van der Waals surface area contributed by atoms with Crippen LogP contribution in [0.4, 0.5) is 5.69 Å². The minimum atomic E-state index is -1.35. The molecule has 35 heavy (non-hydrogen) atoms. The zero-order chi connectivity index (χ0) is 25.3. The Hall–Kier alpha value is -2.48. The lowest BCUT2D eigenvalue weighted by molar-refractivity contribution is -0.117. The number of anilines is 1. The third-order valence-corrected chi connectivity index (χ3v) is 7.09. The van der Waals surface area contributed by atoms with E-state index in [1.165, 1.54) is 18.2 Å². The summed E-state index contributed by atoms with van der Waals surface area (Å²) in [6.07, 6.45) is 0. The van der Waals surface area contributed by atoms with Crippen molar-refractivity contribution in [3.8, 4) is 0 Å². The predicted molar refractivity (Wildman–Crippen MR) is 139 cm³/mol. The van der Waals surface area contributed by atoms with Crippen molar-refractivity contribution in [2.75, 3.05) is 5.32 Å². The lowest BCUT2D eigenvalue weighted by atomic mass is 10.1. The standard InChI is InChI=1S/C24H16Cl5N3O3/c25-14-8-13(9-15(26)10-14)19-20(24(19,28)29)23(35)30-16-6-7-18(27)17(11-16)22(34)32-31-21(33)12-4-2-1-3-5-12/h1-11,19-20H,(H,30,35)(H,31,33)(H,32,34). The molecule has 1 saturated carbocycles. The van der Waals surface area contributed by atoms with Crippen molar-refractivity contribution in [1.29, 1.82) is 0 Å². The second-order valence-electron chi connectivity index (χ2n) is 7.79. The maximum absolute atomic E-state index is 12.9. The van der Waals surface area contributed by atoms with Crippen molar-refractivity contribution in [2.45, 2.75) is 10.3 Å². The Balaban J connectivity index is 1.44. The molecule has 2 unspecified atom stereocenters. The number of amides is 3. The minimum Gasteiger partial charge on any atom is -0.326 e. The highest BCUT2D eigenvalue weighted by Crippen LogP contribution is 2.65. The molecule has 0 saturated heterocycles. The van der Waals surface area contributed by atoms with Gasteiger partial charge >= 0.3 is 0 Å². The largest absolute Gasteiger partial charge is 0.326 e. The molecule has 4 rings (SSSR count). The Kier molecular flexibility index (Phi) is 7.50. The van der Waals surface area contributed by atoms with Gasteiger partial charge < -0.3 is 5.32 Å². The van der Waals surface area contributed by atoms with Crippen molar-refractivity contribution < 1.29 is 14.4 Å². The third kappa shape index (κ3) is 5.68. The highest BCUT2D eigenvalue weighted by atomic mass is 35.5. The summed E-state index contributed by atoms with van der Waals surface area (Å²) < 4.78 is -1.35. The van der Waals surface area contributed by atoms with Crippen molar-refractivity contribution in [1.82, 2.24) is 10.9 Å². The van der Waals surface area contributed by atoms with Crippen molar-refractivity contribution >= 4 is 81.4 Å². The van der Waals surface area contributed by atoms with Gasteiger partial charge in [-0.1, -0.05) is 53.0 Å². The molecule has 11 heteroatoms. The van der Waals surface area contributed by atoms with E-state index in [4.69, 9.17) is 58.0 Å². The van der Waals surface area contributed by atoms with Crippen LogP contribution < -0.4 is 16.2 Å². The highest BCUT2D eigenvalue weighted by molar-refractivity contribution is 6.53. The number of hydrazine groups is 1. The van der Waals surface area contributed by atoms with E-state index in [2.05, 4.69) is 16.2 Å². The summed E-state index contributed by atoms with van der Waals surface area (Å²) in [5, 5.41) is 3.62. The maximum Gasteiger partial charge on any atom is 0.271 e. The Labute approximate surface area is 225 Å². The second kappa shape index (κ2) is 10.2. The summed E-state index contributed by atoms with van der Waals surface area (Å²) in [5.74, 6) is -2.93. The van der Waals surface area contributed by atoms with Crippen LogP contribution >= 0.6 is 58.0 Å². The van der Waals surface area contributed by atoms with Crippen LogP contribution in [0.5, 0.6) is 0 Å². The van der Waals surface area contributed by atoms with Gasteiger partial charge in [0.05, 0.1) is 16.5 Å². The summed E-state index contributed by atoms with van der Waals surface area (Å²) in [4.78, 5) is 37.7. The number of carbonyl (C=O) groups is 3. The van der Waals surface area contributed by atoms with Crippen LogP contribution in [-0.2, 0) is 4.79 Å². The number of hydrogen-bond acceptors (Lipinski definition) is 3. The zero-order valence-corrected chi connectivity index (χ0v) is 21.4. The van der Waals surface area contributed by atoms with Gasteiger partial charge in [0, 0.05) is 27.2 Å². The molecule has 180 valence electrons. The highest BCUT2D eigenvalue weighted by Gasteiger charge is 2.67. The SMILES string of the molecule is O=C(NNC(=O)c1cc(NC(=O)C2C(c3cc(Cl)cc(Cl)c3)C2(Cl)Cl)ccc1Cl)c1ccccc1. The molecule has 2 atom stereocenters. The van der Waals surface area contributed by atoms with E-state index < -0.39 is 33.9 Å². The zero-order valence-electron chi connectivity index (χ0n) is 17.6. The molecule has 6 nitrogen and oxygen atoms in total. The van der Waals surface area contributed by atoms with E-state index in [9.17, 15) is 14.4 Å². The van der Waals surface area contributed by atoms with E-state index >= 15 is 0 Å². The van der Waals surface area contributed by atoms with Crippen LogP contribution in [0.2, 0.25) is 15.1 Å². The fourth-order valence-corrected chi connectivity index (χ4v) is 5.24. The molecule has 0 heterocycles. The van der Waals surface area contributed by atoms with Gasteiger partial charge in [-0.15, -0.1) is 23.2 Å². The van der Waals surface area contributed by atoms with Crippen LogP contribution in [0.1, 0.15) is 32.2 Å². The van der Waals surface area contributed by atoms with Crippen molar-refractivity contribution in [2.24, 2.45) is 5.92 Å². The monoisotopic (exact) mass is 569 g/mol. The molecule has 0 aliphatic heterocycles. The first-order valence-corrected chi connectivity index (χ1v) is 12.1. The Morgan fingerprint density at radius 2 is 1.40 bits per heavy atom. The van der Waals surface area contributed by atoms with E-state index in [0.717, 1.165) is 0 Å². The molecule has 1 fully saturated rings. The molecule has 0 aromatic heterocycles. The minimum absolute atomic E-state index is 0.0369. The molecular formula is C24H16Cl5N3O3. The van der Waals surface area contributed by atoms with Crippen LogP contribution in [-0.4, -0.2) is 22.1 Å². The van der Waals surface area contributed by atoms with Gasteiger partial charge in [-0.3, -0.25) is 25.2 Å². The molecule has 1 aliphatic carbocycles. The number of benzene rings is 3. The molecule has 0 radical (unpaired) electrons. The first kappa shape index (κ1) is 25.6. The molecule has 0 bridgehead atoms. The van der Waals surface area contributed by atoms with Crippen LogP contribution in [0, 0.1) is 5.92 Å². The van der Waals surface area contributed by atoms with E-state index in [-0.39, 0.29) is 16.3 Å². The molecule has 3 N–H and O–H groups in total. The van der Waals surface area contributed by atoms with Gasteiger partial charge in [-0.2, -0.15) is 0 Å². The number of nitrogens with one attached hydrogen (secondary N) is 3. The average Bonchev–Trinajstić information content (AvgIpc) is 3.40. The van der Waals surface area contributed by atoms with Gasteiger partial charge in [-0.25, -0.2) is 0 Å². The lowest BCUT2D eigenvalue weighted by Crippen LogP contribution is -2.41. The number of halogens is 5. The van der Waals surface area contributed by atoms with E-state index in [1.54, 1.807) is 48.5 Å². The van der Waals surface area contributed by atoms with Gasteiger partial charge in [0.15, 0.2) is 0 Å².